The van der Waals surface area contributed by atoms with E-state index in [2.05, 4.69) is 9.55 Å². The number of ether oxygens (including phenoxy) is 2. The van der Waals surface area contributed by atoms with Crippen LogP contribution in [0.25, 0.3) is 21.9 Å². The Hall–Kier alpha value is -3.10. The molecule has 0 saturated heterocycles. The van der Waals surface area contributed by atoms with E-state index in [1.165, 1.54) is 12.1 Å². The maximum absolute atomic E-state index is 11.5. The van der Waals surface area contributed by atoms with Crippen LogP contribution in [0, 0.1) is 0 Å². The molecule has 0 unspecified atom stereocenters. The second-order valence-corrected chi connectivity index (χ2v) is 7.93. The van der Waals surface area contributed by atoms with E-state index in [0.29, 0.717) is 18.0 Å². The van der Waals surface area contributed by atoms with Crippen molar-refractivity contribution in [1.82, 2.24) is 9.55 Å². The van der Waals surface area contributed by atoms with Crippen molar-refractivity contribution in [2.24, 2.45) is 5.14 Å². The molecule has 0 fully saturated rings. The topological polar surface area (TPSA) is 96.4 Å². The lowest BCUT2D eigenvalue weighted by atomic mass is 10.2. The average molecular weight is 397 g/mol. The second-order valence-electron chi connectivity index (χ2n) is 6.37. The largest absolute Gasteiger partial charge is 0.493 e. The van der Waals surface area contributed by atoms with Gasteiger partial charge in [0.05, 0.1) is 35.7 Å². The predicted molar refractivity (Wildman–Crippen MR) is 107 cm³/mol. The van der Waals surface area contributed by atoms with E-state index in [1.54, 1.807) is 32.5 Å². The Morgan fingerprint density at radius 1 is 1.00 bits per heavy atom. The van der Waals surface area contributed by atoms with E-state index in [0.717, 1.165) is 27.5 Å². The van der Waals surface area contributed by atoms with Gasteiger partial charge in [-0.3, -0.25) is 4.98 Å². The van der Waals surface area contributed by atoms with Gasteiger partial charge in [-0.2, -0.15) is 0 Å². The van der Waals surface area contributed by atoms with Gasteiger partial charge in [0.2, 0.25) is 10.0 Å². The van der Waals surface area contributed by atoms with Gasteiger partial charge in [0, 0.05) is 24.2 Å². The Morgan fingerprint density at radius 3 is 2.32 bits per heavy atom. The van der Waals surface area contributed by atoms with E-state index in [4.69, 9.17) is 14.6 Å². The highest BCUT2D eigenvalue weighted by Gasteiger charge is 2.16. The van der Waals surface area contributed by atoms with Crippen LogP contribution >= 0.6 is 0 Å². The van der Waals surface area contributed by atoms with E-state index >= 15 is 0 Å². The van der Waals surface area contributed by atoms with Crippen LogP contribution in [0.4, 0.5) is 0 Å². The van der Waals surface area contributed by atoms with Gasteiger partial charge in [-0.15, -0.1) is 0 Å². The van der Waals surface area contributed by atoms with E-state index in [9.17, 15) is 8.42 Å². The molecule has 2 N–H and O–H groups in total. The number of hydrogen-bond donors (Lipinski definition) is 1. The molecule has 0 atom stereocenters. The van der Waals surface area contributed by atoms with Crippen molar-refractivity contribution in [2.45, 2.75) is 11.4 Å². The molecule has 7 nitrogen and oxygen atoms in total. The minimum Gasteiger partial charge on any atom is -0.493 e. The van der Waals surface area contributed by atoms with Gasteiger partial charge >= 0.3 is 0 Å². The minimum atomic E-state index is -3.71. The number of benzene rings is 2. The monoisotopic (exact) mass is 397 g/mol. The number of sulfonamides is 1. The highest BCUT2D eigenvalue weighted by Crippen LogP contribution is 2.37. The first-order valence-electron chi connectivity index (χ1n) is 8.53. The van der Waals surface area contributed by atoms with Gasteiger partial charge in [-0.25, -0.2) is 13.6 Å². The molecule has 2 aromatic carbocycles. The van der Waals surface area contributed by atoms with Gasteiger partial charge < -0.3 is 14.0 Å². The van der Waals surface area contributed by atoms with Gasteiger partial charge in [0.1, 0.15) is 0 Å². The number of fused-ring (bicyclic) bond motifs is 3. The Labute approximate surface area is 162 Å². The molecule has 4 aromatic rings. The van der Waals surface area contributed by atoms with Crippen LogP contribution < -0.4 is 14.6 Å². The van der Waals surface area contributed by atoms with Gasteiger partial charge in [-0.05, 0) is 35.9 Å². The standard InChI is InChI=1S/C20H19N3O4S/c1-26-18-10-15-17(11-19(18)27-2)23(16-4-3-9-22-20(15)16)12-13-5-7-14(8-6-13)28(21,24)25/h3-11H,12H2,1-2H3,(H2,21,24,25). The number of nitrogens with two attached hydrogens (primary N) is 1. The van der Waals surface area contributed by atoms with Crippen molar-refractivity contribution < 1.29 is 17.9 Å². The molecule has 0 bridgehead atoms. The van der Waals surface area contributed by atoms with Gasteiger partial charge in [0.25, 0.3) is 0 Å². The van der Waals surface area contributed by atoms with E-state index in [1.807, 2.05) is 24.3 Å². The number of rotatable bonds is 5. The zero-order chi connectivity index (χ0) is 19.9. The van der Waals surface area contributed by atoms with Crippen LogP contribution in [-0.4, -0.2) is 32.2 Å². The first kappa shape index (κ1) is 18.3. The highest BCUT2D eigenvalue weighted by atomic mass is 32.2. The average Bonchev–Trinajstić information content (AvgIpc) is 2.99. The lowest BCUT2D eigenvalue weighted by Crippen LogP contribution is -2.12. The summed E-state index contributed by atoms with van der Waals surface area (Å²) in [6.45, 7) is 0.534. The third-order valence-electron chi connectivity index (χ3n) is 4.72. The normalized spacial score (nSPS) is 11.8. The summed E-state index contributed by atoms with van der Waals surface area (Å²) in [6, 6.07) is 14.3. The van der Waals surface area contributed by atoms with Gasteiger partial charge in [0.15, 0.2) is 11.5 Å². The van der Waals surface area contributed by atoms with Crippen molar-refractivity contribution in [3.63, 3.8) is 0 Å². The number of aromatic nitrogens is 2. The third kappa shape index (κ3) is 3.06. The fourth-order valence-corrected chi connectivity index (χ4v) is 3.89. The summed E-state index contributed by atoms with van der Waals surface area (Å²) in [6.07, 6.45) is 1.75. The summed E-state index contributed by atoms with van der Waals surface area (Å²) >= 11 is 0. The molecule has 28 heavy (non-hydrogen) atoms. The molecular weight excluding hydrogens is 378 g/mol. The SMILES string of the molecule is COc1cc2c3ncccc3n(Cc3ccc(S(N)(=O)=O)cc3)c2cc1OC. The molecule has 0 saturated carbocycles. The zero-order valence-corrected chi connectivity index (χ0v) is 16.2. The molecular formula is C20H19N3O4S. The zero-order valence-electron chi connectivity index (χ0n) is 15.4. The lowest BCUT2D eigenvalue weighted by molar-refractivity contribution is 0.355. The molecule has 0 aliphatic carbocycles. The maximum Gasteiger partial charge on any atom is 0.238 e. The summed E-state index contributed by atoms with van der Waals surface area (Å²) in [5.41, 5.74) is 3.70. The van der Waals surface area contributed by atoms with Crippen molar-refractivity contribution in [3.05, 3.63) is 60.3 Å². The fraction of sp³-hybridized carbons (Fsp3) is 0.150. The Balaban J connectivity index is 1.89. The van der Waals surface area contributed by atoms with Crippen molar-refractivity contribution in [3.8, 4) is 11.5 Å². The molecule has 0 aliphatic heterocycles. The summed E-state index contributed by atoms with van der Waals surface area (Å²) in [7, 11) is -0.516. The van der Waals surface area contributed by atoms with Crippen LogP contribution in [-0.2, 0) is 16.6 Å². The first-order chi connectivity index (χ1) is 13.4. The van der Waals surface area contributed by atoms with Crippen molar-refractivity contribution in [1.29, 1.82) is 0 Å². The second kappa shape index (κ2) is 6.81. The molecule has 8 heteroatoms. The summed E-state index contributed by atoms with van der Waals surface area (Å²) in [5.74, 6) is 1.26. The molecule has 0 amide bonds. The highest BCUT2D eigenvalue weighted by molar-refractivity contribution is 7.89. The van der Waals surface area contributed by atoms with E-state index in [-0.39, 0.29) is 4.90 Å². The number of primary sulfonamides is 1. The lowest BCUT2D eigenvalue weighted by Gasteiger charge is -2.11. The molecule has 0 spiro atoms. The van der Waals surface area contributed by atoms with E-state index < -0.39 is 10.0 Å². The number of nitrogens with zero attached hydrogens (tertiary/aromatic N) is 2. The number of methoxy groups -OCH3 is 2. The molecule has 4 rings (SSSR count). The first-order valence-corrected chi connectivity index (χ1v) is 10.1. The number of hydrogen-bond acceptors (Lipinski definition) is 5. The third-order valence-corrected chi connectivity index (χ3v) is 5.65. The maximum atomic E-state index is 11.5. The predicted octanol–water partition coefficient (Wildman–Crippen LogP) is 2.90. The summed E-state index contributed by atoms with van der Waals surface area (Å²) < 4.78 is 36.0. The number of pyridine rings is 1. The molecule has 0 aliphatic rings. The Bertz CT molecular complexity index is 1280. The Kier molecular flexibility index (Phi) is 4.44. The molecule has 2 aromatic heterocycles. The molecule has 0 radical (unpaired) electrons. The van der Waals surface area contributed by atoms with Gasteiger partial charge in [-0.1, -0.05) is 12.1 Å². The minimum absolute atomic E-state index is 0.0894. The summed E-state index contributed by atoms with van der Waals surface area (Å²) in [4.78, 5) is 4.63. The van der Waals surface area contributed by atoms with Crippen molar-refractivity contribution >= 4 is 32.0 Å². The fourth-order valence-electron chi connectivity index (χ4n) is 3.37. The van der Waals surface area contributed by atoms with Crippen LogP contribution in [0.5, 0.6) is 11.5 Å². The smallest absolute Gasteiger partial charge is 0.238 e. The quantitative estimate of drug-likeness (QED) is 0.559. The van der Waals surface area contributed by atoms with Crippen molar-refractivity contribution in [2.75, 3.05) is 14.2 Å². The summed E-state index contributed by atoms with van der Waals surface area (Å²) in [5, 5.41) is 6.14. The molecule has 144 valence electrons. The van der Waals surface area contributed by atoms with Crippen LogP contribution in [0.15, 0.2) is 59.6 Å². The van der Waals surface area contributed by atoms with Crippen LogP contribution in [0.3, 0.4) is 0 Å². The molecule has 2 heterocycles. The van der Waals surface area contributed by atoms with Crippen LogP contribution in [0.2, 0.25) is 0 Å². The van der Waals surface area contributed by atoms with Crippen LogP contribution in [0.1, 0.15) is 5.56 Å². The Morgan fingerprint density at radius 2 is 1.68 bits per heavy atom.